The highest BCUT2D eigenvalue weighted by Crippen LogP contribution is 2.10. The number of hydrogen-bond donors (Lipinski definition) is 1. The molecule has 0 aliphatic heterocycles. The molecule has 0 aliphatic carbocycles. The van der Waals surface area contributed by atoms with Crippen LogP contribution in [0.5, 0.6) is 0 Å². The third-order valence-corrected chi connectivity index (χ3v) is 4.40. The summed E-state index contributed by atoms with van der Waals surface area (Å²) in [6, 6.07) is 7.58. The molecule has 0 saturated carbocycles. The molecule has 0 aromatic heterocycles. The van der Waals surface area contributed by atoms with Crippen molar-refractivity contribution in [2.75, 3.05) is 5.08 Å². The van der Waals surface area contributed by atoms with E-state index in [1.165, 1.54) is 12.1 Å². The van der Waals surface area contributed by atoms with Crippen molar-refractivity contribution in [2.24, 2.45) is 0 Å². The van der Waals surface area contributed by atoms with Gasteiger partial charge in [-0.05, 0) is 12.1 Å². The summed E-state index contributed by atoms with van der Waals surface area (Å²) in [6.07, 6.45) is 0. The lowest BCUT2D eigenvalue weighted by Crippen LogP contribution is -2.10. The van der Waals surface area contributed by atoms with Gasteiger partial charge in [0, 0.05) is 0 Å². The molecule has 72 valence electrons. The molecule has 4 nitrogen and oxygen atoms in total. The Balaban J connectivity index is 3.02. The number of sulfone groups is 1. The number of rotatable bonds is 3. The fourth-order valence-corrected chi connectivity index (χ4v) is 3.01. The van der Waals surface area contributed by atoms with E-state index in [9.17, 15) is 12.6 Å². The van der Waals surface area contributed by atoms with Gasteiger partial charge in [-0.15, -0.1) is 0 Å². The van der Waals surface area contributed by atoms with Crippen LogP contribution in [0, 0.1) is 0 Å². The molecule has 1 unspecified atom stereocenters. The average molecular weight is 220 g/mol. The molecule has 1 rings (SSSR count). The van der Waals surface area contributed by atoms with E-state index in [4.69, 9.17) is 4.55 Å². The van der Waals surface area contributed by atoms with E-state index in [-0.39, 0.29) is 4.90 Å². The van der Waals surface area contributed by atoms with E-state index < -0.39 is 26.0 Å². The van der Waals surface area contributed by atoms with Crippen molar-refractivity contribution in [3.05, 3.63) is 30.3 Å². The van der Waals surface area contributed by atoms with Crippen LogP contribution in [-0.4, -0.2) is 22.3 Å². The molecule has 0 spiro atoms. The zero-order valence-corrected chi connectivity index (χ0v) is 8.22. The molecular weight excluding hydrogens is 212 g/mol. The summed E-state index contributed by atoms with van der Waals surface area (Å²) >= 11 is -2.32. The van der Waals surface area contributed by atoms with Crippen LogP contribution in [0.2, 0.25) is 0 Å². The molecule has 1 atom stereocenters. The van der Waals surface area contributed by atoms with Gasteiger partial charge in [0.25, 0.3) is 0 Å². The van der Waals surface area contributed by atoms with E-state index in [1.54, 1.807) is 18.2 Å². The first-order chi connectivity index (χ1) is 6.02. The molecular formula is C7H8O4S2. The van der Waals surface area contributed by atoms with Crippen molar-refractivity contribution in [3.8, 4) is 0 Å². The van der Waals surface area contributed by atoms with Crippen LogP contribution >= 0.6 is 0 Å². The lowest BCUT2D eigenvalue weighted by Gasteiger charge is -1.99. The summed E-state index contributed by atoms with van der Waals surface area (Å²) in [5, 5.41) is -0.753. The molecule has 0 aliphatic rings. The topological polar surface area (TPSA) is 71.4 Å². The van der Waals surface area contributed by atoms with Gasteiger partial charge in [0.05, 0.1) is 4.90 Å². The zero-order chi connectivity index (χ0) is 9.90. The van der Waals surface area contributed by atoms with Gasteiger partial charge in [-0.1, -0.05) is 18.2 Å². The molecule has 0 amide bonds. The van der Waals surface area contributed by atoms with Crippen molar-refractivity contribution in [1.82, 2.24) is 0 Å². The summed E-state index contributed by atoms with van der Waals surface area (Å²) in [5.74, 6) is 0. The molecule has 1 aromatic rings. The van der Waals surface area contributed by atoms with Gasteiger partial charge in [0.15, 0.2) is 26.0 Å². The first kappa shape index (κ1) is 10.4. The maximum atomic E-state index is 11.3. The number of benzene rings is 1. The third-order valence-electron chi connectivity index (χ3n) is 1.36. The van der Waals surface area contributed by atoms with Crippen molar-refractivity contribution in [1.29, 1.82) is 0 Å². The predicted molar refractivity (Wildman–Crippen MR) is 49.3 cm³/mol. The van der Waals surface area contributed by atoms with Gasteiger partial charge < -0.3 is 4.55 Å². The van der Waals surface area contributed by atoms with Crippen LogP contribution in [0.4, 0.5) is 0 Å². The van der Waals surface area contributed by atoms with E-state index in [1.807, 2.05) is 0 Å². The van der Waals surface area contributed by atoms with Gasteiger partial charge in [0.2, 0.25) is 0 Å². The Kier molecular flexibility index (Phi) is 3.18. The minimum absolute atomic E-state index is 0.0670. The first-order valence-electron chi connectivity index (χ1n) is 3.37. The SMILES string of the molecule is O=S(O)CS(=O)(=O)c1ccccc1. The highest BCUT2D eigenvalue weighted by atomic mass is 32.3. The maximum Gasteiger partial charge on any atom is 0.192 e. The second-order valence-corrected chi connectivity index (χ2v) is 5.65. The molecule has 1 N–H and O–H groups in total. The summed E-state index contributed by atoms with van der Waals surface area (Å²) < 4.78 is 41.3. The Morgan fingerprint density at radius 2 is 1.77 bits per heavy atom. The fourth-order valence-electron chi connectivity index (χ4n) is 0.829. The Labute approximate surface area is 78.8 Å². The Morgan fingerprint density at radius 3 is 2.23 bits per heavy atom. The minimum Gasteiger partial charge on any atom is -0.305 e. The second kappa shape index (κ2) is 3.99. The maximum absolute atomic E-state index is 11.3. The number of hydrogen-bond acceptors (Lipinski definition) is 3. The quantitative estimate of drug-likeness (QED) is 0.759. The smallest absolute Gasteiger partial charge is 0.192 e. The van der Waals surface area contributed by atoms with Crippen LogP contribution in [0.15, 0.2) is 35.2 Å². The second-order valence-electron chi connectivity index (χ2n) is 2.37. The van der Waals surface area contributed by atoms with Crippen LogP contribution in [-0.2, 0) is 20.9 Å². The molecule has 0 fully saturated rings. The standard InChI is InChI=1S/C7H8O4S2/c8-12(9)6-13(10,11)7-4-2-1-3-5-7/h1-5H,6H2,(H,8,9). The van der Waals surface area contributed by atoms with Crippen molar-refractivity contribution in [3.63, 3.8) is 0 Å². The Hall–Kier alpha value is -0.720. The van der Waals surface area contributed by atoms with Crippen molar-refractivity contribution < 1.29 is 17.2 Å². The van der Waals surface area contributed by atoms with Crippen LogP contribution in [0.3, 0.4) is 0 Å². The minimum atomic E-state index is -3.61. The van der Waals surface area contributed by atoms with Gasteiger partial charge in [-0.25, -0.2) is 12.6 Å². The fraction of sp³-hybridized carbons (Fsp3) is 0.143. The van der Waals surface area contributed by atoms with Crippen LogP contribution < -0.4 is 0 Å². The van der Waals surface area contributed by atoms with E-state index in [0.717, 1.165) is 0 Å². The van der Waals surface area contributed by atoms with Crippen LogP contribution in [0.1, 0.15) is 0 Å². The zero-order valence-electron chi connectivity index (χ0n) is 6.58. The summed E-state index contributed by atoms with van der Waals surface area (Å²) in [7, 11) is -3.61. The molecule has 0 heterocycles. The van der Waals surface area contributed by atoms with Gasteiger partial charge >= 0.3 is 0 Å². The predicted octanol–water partition coefficient (Wildman–Crippen LogP) is 0.640. The Morgan fingerprint density at radius 1 is 1.23 bits per heavy atom. The summed E-state index contributed by atoms with van der Waals surface area (Å²) in [6.45, 7) is 0. The third kappa shape index (κ3) is 2.91. The van der Waals surface area contributed by atoms with Crippen molar-refractivity contribution in [2.45, 2.75) is 4.90 Å². The van der Waals surface area contributed by atoms with Crippen LogP contribution in [0.25, 0.3) is 0 Å². The lowest BCUT2D eigenvalue weighted by molar-refractivity contribution is 0.565. The normalized spacial score (nSPS) is 13.9. The largest absolute Gasteiger partial charge is 0.305 e. The van der Waals surface area contributed by atoms with Crippen molar-refractivity contribution >= 4 is 20.9 Å². The van der Waals surface area contributed by atoms with Gasteiger partial charge in [-0.3, -0.25) is 0 Å². The van der Waals surface area contributed by atoms with E-state index in [2.05, 4.69) is 0 Å². The monoisotopic (exact) mass is 220 g/mol. The Bertz CT molecular complexity index is 396. The summed E-state index contributed by atoms with van der Waals surface area (Å²) in [5.41, 5.74) is 0. The lowest BCUT2D eigenvalue weighted by atomic mass is 10.4. The molecule has 0 radical (unpaired) electrons. The van der Waals surface area contributed by atoms with Gasteiger partial charge in [0.1, 0.15) is 0 Å². The highest BCUT2D eigenvalue weighted by molar-refractivity contribution is 8.03. The first-order valence-corrected chi connectivity index (χ1v) is 6.30. The molecule has 6 heteroatoms. The molecule has 0 bridgehead atoms. The summed E-state index contributed by atoms with van der Waals surface area (Å²) in [4.78, 5) is 0.0670. The average Bonchev–Trinajstić information content (AvgIpc) is 2.04. The van der Waals surface area contributed by atoms with E-state index >= 15 is 0 Å². The van der Waals surface area contributed by atoms with E-state index in [0.29, 0.717) is 0 Å². The molecule has 1 aromatic carbocycles. The molecule has 0 saturated heterocycles. The highest BCUT2D eigenvalue weighted by Gasteiger charge is 2.16. The molecule has 13 heavy (non-hydrogen) atoms. The van der Waals surface area contributed by atoms with Gasteiger partial charge in [-0.2, -0.15) is 0 Å².